The van der Waals surface area contributed by atoms with Gasteiger partial charge >= 0.3 is 0 Å². The van der Waals surface area contributed by atoms with E-state index in [0.29, 0.717) is 11.1 Å². The molecule has 2 heterocycles. The van der Waals surface area contributed by atoms with Crippen LogP contribution in [0.3, 0.4) is 0 Å². The van der Waals surface area contributed by atoms with Crippen molar-refractivity contribution in [2.24, 2.45) is 0 Å². The first-order valence-corrected chi connectivity index (χ1v) is 7.41. The zero-order valence-electron chi connectivity index (χ0n) is 9.17. The van der Waals surface area contributed by atoms with E-state index in [1.165, 1.54) is 0 Å². The number of aliphatic hydroxyl groups excluding tert-OH is 1. The van der Waals surface area contributed by atoms with Gasteiger partial charge in [0.2, 0.25) is 0 Å². The van der Waals surface area contributed by atoms with Gasteiger partial charge in [-0.05, 0) is 6.07 Å². The number of hydrogen-bond donors (Lipinski definition) is 2. The Morgan fingerprint density at radius 3 is 2.94 bits per heavy atom. The molecular formula is C11H16N2OS2. The predicted octanol–water partition coefficient (Wildman–Crippen LogP) is 1.93. The van der Waals surface area contributed by atoms with Crippen molar-refractivity contribution >= 4 is 29.3 Å². The fourth-order valence-corrected chi connectivity index (χ4v) is 4.68. The van der Waals surface area contributed by atoms with Crippen molar-refractivity contribution in [2.45, 2.75) is 23.5 Å². The van der Waals surface area contributed by atoms with Crippen LogP contribution < -0.4 is 5.73 Å². The van der Waals surface area contributed by atoms with E-state index in [1.54, 1.807) is 6.20 Å². The number of hydrogen-bond acceptors (Lipinski definition) is 5. The minimum absolute atomic E-state index is 0.213. The lowest BCUT2D eigenvalue weighted by atomic mass is 10.1. The first-order chi connectivity index (χ1) is 7.70. The second-order valence-electron chi connectivity index (χ2n) is 3.83. The van der Waals surface area contributed by atoms with E-state index in [0.717, 1.165) is 17.1 Å². The van der Waals surface area contributed by atoms with Crippen molar-refractivity contribution in [3.05, 3.63) is 23.9 Å². The van der Waals surface area contributed by atoms with Crippen LogP contribution in [-0.2, 0) is 0 Å². The summed E-state index contributed by atoms with van der Waals surface area (Å²) in [5.41, 5.74) is 6.55. The molecule has 16 heavy (non-hydrogen) atoms. The molecule has 0 radical (unpaired) electrons. The summed E-state index contributed by atoms with van der Waals surface area (Å²) < 4.78 is 0. The van der Waals surface area contributed by atoms with E-state index < -0.39 is 6.10 Å². The third kappa shape index (κ3) is 2.47. The average Bonchev–Trinajstić information content (AvgIpc) is 2.29. The van der Waals surface area contributed by atoms with E-state index in [-0.39, 0.29) is 5.25 Å². The number of rotatable bonds is 2. The lowest BCUT2D eigenvalue weighted by molar-refractivity contribution is 0.174. The molecule has 1 saturated heterocycles. The van der Waals surface area contributed by atoms with Crippen LogP contribution in [0.1, 0.15) is 18.6 Å². The molecule has 3 unspecified atom stereocenters. The van der Waals surface area contributed by atoms with Crippen LogP contribution in [-0.4, -0.2) is 32.1 Å². The van der Waals surface area contributed by atoms with Crippen molar-refractivity contribution in [1.29, 1.82) is 0 Å². The fourth-order valence-electron chi connectivity index (χ4n) is 1.85. The average molecular weight is 256 g/mol. The topological polar surface area (TPSA) is 59.1 Å². The maximum Gasteiger partial charge on any atom is 0.129 e. The second-order valence-corrected chi connectivity index (χ2v) is 6.61. The highest BCUT2D eigenvalue weighted by molar-refractivity contribution is 8.07. The second kappa shape index (κ2) is 5.29. The van der Waals surface area contributed by atoms with Crippen LogP contribution in [0.5, 0.6) is 0 Å². The Hall–Kier alpha value is -0.390. The van der Waals surface area contributed by atoms with Crippen LogP contribution >= 0.6 is 23.5 Å². The lowest BCUT2D eigenvalue weighted by Crippen LogP contribution is -2.29. The molecule has 1 aromatic rings. The predicted molar refractivity (Wildman–Crippen MR) is 71.8 cm³/mol. The van der Waals surface area contributed by atoms with Crippen LogP contribution in [0, 0.1) is 0 Å². The summed E-state index contributed by atoms with van der Waals surface area (Å²) in [6.07, 6.45) is 1.14. The summed E-state index contributed by atoms with van der Waals surface area (Å²) in [7, 11) is 0. The number of nitrogens with zero attached hydrogens (tertiary/aromatic N) is 1. The number of anilines is 1. The summed E-state index contributed by atoms with van der Waals surface area (Å²) in [6.45, 7) is 2.16. The van der Waals surface area contributed by atoms with Crippen LogP contribution in [0.2, 0.25) is 0 Å². The zero-order chi connectivity index (χ0) is 11.5. The summed E-state index contributed by atoms with van der Waals surface area (Å²) in [4.78, 5) is 4.02. The molecule has 0 aliphatic carbocycles. The van der Waals surface area contributed by atoms with Gasteiger partial charge in [0.1, 0.15) is 5.82 Å². The van der Waals surface area contributed by atoms with Gasteiger partial charge in [0, 0.05) is 33.8 Å². The number of pyridine rings is 1. The number of nitrogen functional groups attached to an aromatic ring is 1. The van der Waals surface area contributed by atoms with Crippen molar-refractivity contribution in [2.75, 3.05) is 17.2 Å². The van der Waals surface area contributed by atoms with Gasteiger partial charge in [-0.1, -0.05) is 13.0 Å². The van der Waals surface area contributed by atoms with Gasteiger partial charge in [0.15, 0.2) is 0 Å². The molecule has 0 amide bonds. The minimum Gasteiger partial charge on any atom is -0.387 e. The Morgan fingerprint density at radius 2 is 2.25 bits per heavy atom. The molecule has 3 atom stereocenters. The van der Waals surface area contributed by atoms with E-state index in [1.807, 2.05) is 35.7 Å². The van der Waals surface area contributed by atoms with E-state index in [9.17, 15) is 5.11 Å². The zero-order valence-corrected chi connectivity index (χ0v) is 10.8. The molecule has 3 N–H and O–H groups in total. The van der Waals surface area contributed by atoms with Crippen LogP contribution in [0.4, 0.5) is 5.82 Å². The van der Waals surface area contributed by atoms with Crippen molar-refractivity contribution < 1.29 is 5.11 Å². The van der Waals surface area contributed by atoms with Gasteiger partial charge in [-0.2, -0.15) is 23.5 Å². The standard InChI is InChI=1S/C11H16N2OS2/c1-7-10(16-6-5-15-7)9(14)8-3-2-4-13-11(8)12/h2-4,7,9-10,14H,5-6H2,1H3,(H2,12,13). The molecule has 0 spiro atoms. The Morgan fingerprint density at radius 1 is 1.50 bits per heavy atom. The largest absolute Gasteiger partial charge is 0.387 e. The first-order valence-electron chi connectivity index (χ1n) is 5.32. The van der Waals surface area contributed by atoms with Gasteiger partial charge in [-0.3, -0.25) is 0 Å². The van der Waals surface area contributed by atoms with E-state index >= 15 is 0 Å². The highest BCUT2D eigenvalue weighted by Crippen LogP contribution is 2.39. The lowest BCUT2D eigenvalue weighted by Gasteiger charge is -2.32. The molecule has 1 aliphatic rings. The smallest absolute Gasteiger partial charge is 0.129 e. The molecule has 1 fully saturated rings. The maximum atomic E-state index is 10.3. The molecule has 1 aromatic heterocycles. The monoisotopic (exact) mass is 256 g/mol. The molecule has 0 saturated carbocycles. The first kappa shape index (κ1) is 12.1. The number of aliphatic hydroxyl groups is 1. The van der Waals surface area contributed by atoms with Crippen molar-refractivity contribution in [1.82, 2.24) is 4.98 Å². The third-order valence-corrected chi connectivity index (χ3v) is 5.92. The Bertz CT molecular complexity index is 362. The Kier molecular flexibility index (Phi) is 4.00. The molecular weight excluding hydrogens is 240 g/mol. The maximum absolute atomic E-state index is 10.3. The summed E-state index contributed by atoms with van der Waals surface area (Å²) in [6, 6.07) is 3.68. The van der Waals surface area contributed by atoms with Crippen molar-refractivity contribution in [3.63, 3.8) is 0 Å². The molecule has 88 valence electrons. The molecule has 2 rings (SSSR count). The molecule has 3 nitrogen and oxygen atoms in total. The molecule has 5 heteroatoms. The fraction of sp³-hybridized carbons (Fsp3) is 0.545. The number of nitrogens with two attached hydrogens (primary N) is 1. The van der Waals surface area contributed by atoms with Gasteiger partial charge in [0.25, 0.3) is 0 Å². The van der Waals surface area contributed by atoms with Gasteiger partial charge in [0.05, 0.1) is 6.10 Å². The Labute approximate surface area is 104 Å². The third-order valence-electron chi connectivity index (χ3n) is 2.74. The Balaban J connectivity index is 2.17. The number of aromatic nitrogens is 1. The highest BCUT2D eigenvalue weighted by Gasteiger charge is 2.31. The number of thioether (sulfide) groups is 2. The van der Waals surface area contributed by atoms with E-state index in [2.05, 4.69) is 11.9 Å². The van der Waals surface area contributed by atoms with Gasteiger partial charge < -0.3 is 10.8 Å². The summed E-state index contributed by atoms with van der Waals surface area (Å²) in [5.74, 6) is 2.70. The van der Waals surface area contributed by atoms with E-state index in [4.69, 9.17) is 5.73 Å². The quantitative estimate of drug-likeness (QED) is 0.847. The van der Waals surface area contributed by atoms with Crippen LogP contribution in [0.25, 0.3) is 0 Å². The minimum atomic E-state index is -0.513. The SMILES string of the molecule is CC1SCCSC1C(O)c1cccnc1N. The van der Waals surface area contributed by atoms with Crippen LogP contribution in [0.15, 0.2) is 18.3 Å². The highest BCUT2D eigenvalue weighted by atomic mass is 32.2. The molecule has 1 aliphatic heterocycles. The van der Waals surface area contributed by atoms with Gasteiger partial charge in [-0.25, -0.2) is 4.98 Å². The normalized spacial score (nSPS) is 27.6. The summed E-state index contributed by atoms with van der Waals surface area (Å²) in [5, 5.41) is 11.0. The molecule has 0 aromatic carbocycles. The van der Waals surface area contributed by atoms with Crippen molar-refractivity contribution in [3.8, 4) is 0 Å². The van der Waals surface area contributed by atoms with Gasteiger partial charge in [-0.15, -0.1) is 0 Å². The molecule has 0 bridgehead atoms. The summed E-state index contributed by atoms with van der Waals surface area (Å²) >= 11 is 3.74.